The van der Waals surface area contributed by atoms with E-state index >= 15 is 0 Å². The molecule has 0 aromatic rings. The van der Waals surface area contributed by atoms with Gasteiger partial charge in [-0.2, -0.15) is 5.26 Å². The second kappa shape index (κ2) is 9.25. The van der Waals surface area contributed by atoms with Crippen LogP contribution in [0.25, 0.3) is 0 Å². The lowest BCUT2D eigenvalue weighted by Gasteiger charge is -2.69. The molecule has 4 fully saturated rings. The summed E-state index contributed by atoms with van der Waals surface area (Å²) in [5, 5.41) is 10.1. The van der Waals surface area contributed by atoms with E-state index in [1.165, 1.54) is 7.11 Å². The number of carbonyl (C=O) groups is 3. The Morgan fingerprint density at radius 1 is 1.00 bits per heavy atom. The number of nitrogens with zero attached hydrogens (tertiary/aromatic N) is 1. The summed E-state index contributed by atoms with van der Waals surface area (Å²) in [7, 11) is 3.14. The molecular weight excluding hydrogens is 502 g/mol. The van der Waals surface area contributed by atoms with Gasteiger partial charge in [0.1, 0.15) is 5.92 Å². The van der Waals surface area contributed by atoms with Crippen LogP contribution in [0.5, 0.6) is 0 Å². The number of Topliss-reactive ketones (excluding diaryl/α,β-unsaturated/α-hetero) is 1. The van der Waals surface area contributed by atoms with Gasteiger partial charge in [-0.1, -0.05) is 47.1 Å². The van der Waals surface area contributed by atoms with Crippen molar-refractivity contribution in [3.63, 3.8) is 0 Å². The molecule has 0 radical (unpaired) electrons. The number of hydrogen-bond acceptors (Lipinski definition) is 6. The average Bonchev–Trinajstić information content (AvgIpc) is 2.90. The van der Waals surface area contributed by atoms with Gasteiger partial charge >= 0.3 is 5.97 Å². The van der Waals surface area contributed by atoms with Gasteiger partial charge in [-0.3, -0.25) is 14.4 Å². The van der Waals surface area contributed by atoms with Gasteiger partial charge < -0.3 is 9.47 Å². The predicted molar refractivity (Wildman–Crippen MR) is 152 cm³/mol. The number of fused-ring (bicyclic) bond motifs is 7. The molecule has 220 valence electrons. The molecule has 0 bridgehead atoms. The normalized spacial score (nSPS) is 47.5. The Balaban J connectivity index is 1.66. The maximum atomic E-state index is 14.5. The van der Waals surface area contributed by atoms with Crippen LogP contribution in [0.2, 0.25) is 0 Å². The number of nitriles is 1. The molecule has 0 aromatic heterocycles. The van der Waals surface area contributed by atoms with Gasteiger partial charge in [0.05, 0.1) is 18.6 Å². The quantitative estimate of drug-likeness (QED) is 0.372. The lowest BCUT2D eigenvalue weighted by atomic mass is 9.33. The fourth-order valence-corrected chi connectivity index (χ4v) is 11.1. The van der Waals surface area contributed by atoms with Crippen molar-refractivity contribution in [2.75, 3.05) is 20.8 Å². The summed E-state index contributed by atoms with van der Waals surface area (Å²) in [6, 6.07) is 2.34. The molecular formula is C34H49NO5. The van der Waals surface area contributed by atoms with E-state index in [2.05, 4.69) is 40.7 Å². The molecule has 40 heavy (non-hydrogen) atoms. The van der Waals surface area contributed by atoms with E-state index in [1.54, 1.807) is 7.11 Å². The van der Waals surface area contributed by atoms with Crippen molar-refractivity contribution in [2.24, 2.45) is 56.2 Å². The average molecular weight is 552 g/mol. The minimum absolute atomic E-state index is 0.0370. The second-order valence-electron chi connectivity index (χ2n) is 15.7. The highest BCUT2D eigenvalue weighted by atomic mass is 16.5. The van der Waals surface area contributed by atoms with E-state index < -0.39 is 22.2 Å². The molecule has 0 N–H and O–H groups in total. The van der Waals surface area contributed by atoms with Crippen LogP contribution >= 0.6 is 0 Å². The topological polar surface area (TPSA) is 93.5 Å². The molecule has 0 aliphatic heterocycles. The van der Waals surface area contributed by atoms with Gasteiger partial charge in [0.25, 0.3) is 0 Å². The molecule has 5 aliphatic rings. The Hall–Kier alpha value is -2.00. The number of rotatable bonds is 4. The Morgan fingerprint density at radius 2 is 1.68 bits per heavy atom. The summed E-state index contributed by atoms with van der Waals surface area (Å²) in [6.07, 6.45) is 8.87. The standard InChI is InChI=1S/C34H49NO5/c1-29(2)11-13-34(28(38)40-8)14-12-33(6)26(22(34)19-29)23(36)17-25-31(4)18-21(20-35)27(37)30(3,15-16-39-7)24(31)9-10-32(25,33)5/h17,21-22,24,26H,9-16,18-19H2,1-8H3/t21?,22-,24?,26-,30-,31-,32+,33+,34-/m0/s1. The third-order valence-corrected chi connectivity index (χ3v) is 13.5. The monoisotopic (exact) mass is 551 g/mol. The molecule has 0 saturated heterocycles. The minimum atomic E-state index is -0.690. The van der Waals surface area contributed by atoms with Crippen LogP contribution in [0, 0.1) is 67.5 Å². The highest BCUT2D eigenvalue weighted by Gasteiger charge is 2.72. The van der Waals surface area contributed by atoms with Crippen molar-refractivity contribution in [1.29, 1.82) is 5.26 Å². The number of methoxy groups -OCH3 is 2. The molecule has 0 heterocycles. The number of ketones is 2. The van der Waals surface area contributed by atoms with E-state index in [4.69, 9.17) is 9.47 Å². The molecule has 5 rings (SSSR count). The first-order valence-corrected chi connectivity index (χ1v) is 15.4. The number of ether oxygens (including phenoxy) is 2. The minimum Gasteiger partial charge on any atom is -0.469 e. The molecule has 4 saturated carbocycles. The molecule has 6 nitrogen and oxygen atoms in total. The lowest BCUT2D eigenvalue weighted by molar-refractivity contribution is -0.193. The zero-order valence-electron chi connectivity index (χ0n) is 25.9. The van der Waals surface area contributed by atoms with Crippen LogP contribution in [0.3, 0.4) is 0 Å². The Kier molecular flexibility index (Phi) is 6.82. The van der Waals surface area contributed by atoms with Crippen molar-refractivity contribution in [2.45, 2.75) is 99.3 Å². The summed E-state index contributed by atoms with van der Waals surface area (Å²) in [6.45, 7) is 13.9. The molecule has 5 aliphatic carbocycles. The van der Waals surface area contributed by atoms with Gasteiger partial charge in [0.15, 0.2) is 11.6 Å². The van der Waals surface area contributed by atoms with E-state index in [-0.39, 0.29) is 51.5 Å². The first-order chi connectivity index (χ1) is 18.6. The van der Waals surface area contributed by atoms with Crippen LogP contribution in [0.4, 0.5) is 0 Å². The summed E-state index contributed by atoms with van der Waals surface area (Å²) >= 11 is 0. The molecule has 6 heteroatoms. The van der Waals surface area contributed by atoms with E-state index in [0.717, 1.165) is 50.5 Å². The number of esters is 1. The van der Waals surface area contributed by atoms with Crippen LogP contribution in [-0.2, 0) is 23.9 Å². The molecule has 0 aromatic carbocycles. The first kappa shape index (κ1) is 29.5. The zero-order valence-corrected chi connectivity index (χ0v) is 25.9. The fourth-order valence-electron chi connectivity index (χ4n) is 11.1. The van der Waals surface area contributed by atoms with Crippen LogP contribution in [0.15, 0.2) is 11.6 Å². The van der Waals surface area contributed by atoms with Crippen LogP contribution < -0.4 is 0 Å². The molecule has 0 amide bonds. The summed E-state index contributed by atoms with van der Waals surface area (Å²) in [5.74, 6) is -0.913. The van der Waals surface area contributed by atoms with Crippen molar-refractivity contribution >= 4 is 17.5 Å². The molecule has 9 atom stereocenters. The number of carbonyl (C=O) groups excluding carboxylic acids is 3. The fraction of sp³-hybridized carbons (Fsp3) is 0.824. The van der Waals surface area contributed by atoms with E-state index in [0.29, 0.717) is 19.4 Å². The van der Waals surface area contributed by atoms with Crippen molar-refractivity contribution in [3.05, 3.63) is 11.6 Å². The summed E-state index contributed by atoms with van der Waals surface area (Å²) < 4.78 is 10.9. The van der Waals surface area contributed by atoms with E-state index in [1.807, 2.05) is 13.0 Å². The highest BCUT2D eigenvalue weighted by Crippen LogP contribution is 2.75. The van der Waals surface area contributed by atoms with Gasteiger partial charge in [-0.05, 0) is 97.4 Å². The molecule has 2 unspecified atom stereocenters. The van der Waals surface area contributed by atoms with Gasteiger partial charge in [0.2, 0.25) is 0 Å². The van der Waals surface area contributed by atoms with Crippen molar-refractivity contribution in [3.8, 4) is 6.07 Å². The van der Waals surface area contributed by atoms with Crippen LogP contribution in [-0.4, -0.2) is 38.4 Å². The SMILES string of the molecule is COCC[C@]1(C)C(=O)C(C#N)C[C@]2(C)C3=CC(=O)[C@@H]4[C@@H]5CC(C)(C)CC[C@]5(C(=O)OC)CC[C@@]4(C)[C@]3(C)CCC12. The smallest absolute Gasteiger partial charge is 0.312 e. The maximum absolute atomic E-state index is 14.5. The third-order valence-electron chi connectivity index (χ3n) is 13.5. The van der Waals surface area contributed by atoms with Crippen LogP contribution in [0.1, 0.15) is 99.3 Å². The third kappa shape index (κ3) is 3.64. The van der Waals surface area contributed by atoms with Crippen molar-refractivity contribution in [1.82, 2.24) is 0 Å². The van der Waals surface area contributed by atoms with Gasteiger partial charge in [0, 0.05) is 25.0 Å². The maximum Gasteiger partial charge on any atom is 0.312 e. The summed E-state index contributed by atoms with van der Waals surface area (Å²) in [4.78, 5) is 41.7. The zero-order chi connectivity index (χ0) is 29.5. The summed E-state index contributed by atoms with van der Waals surface area (Å²) in [5.41, 5.74) is -1.08. The highest BCUT2D eigenvalue weighted by molar-refractivity contribution is 5.97. The number of hydrogen-bond donors (Lipinski definition) is 0. The van der Waals surface area contributed by atoms with Gasteiger partial charge in [-0.15, -0.1) is 0 Å². The van der Waals surface area contributed by atoms with Crippen molar-refractivity contribution < 1.29 is 23.9 Å². The lowest BCUT2D eigenvalue weighted by Crippen LogP contribution is -2.66. The second-order valence-corrected chi connectivity index (χ2v) is 15.7. The molecule has 0 spiro atoms. The Morgan fingerprint density at radius 3 is 2.30 bits per heavy atom. The largest absolute Gasteiger partial charge is 0.469 e. The Labute approximate surface area is 240 Å². The Bertz CT molecular complexity index is 1200. The van der Waals surface area contributed by atoms with Gasteiger partial charge in [-0.25, -0.2) is 0 Å². The number of allylic oxidation sites excluding steroid dienone is 2. The van der Waals surface area contributed by atoms with E-state index in [9.17, 15) is 19.6 Å². The predicted octanol–water partition coefficient (Wildman–Crippen LogP) is 6.48. The first-order valence-electron chi connectivity index (χ1n) is 15.4.